The fourth-order valence-electron chi connectivity index (χ4n) is 5.72. The molecule has 4 aliphatic rings. The van der Waals surface area contributed by atoms with Gasteiger partial charge in [-0.15, -0.1) is 23.1 Å². The molecular weight excluding hydrogens is 376 g/mol. The van der Waals surface area contributed by atoms with E-state index in [0.717, 1.165) is 22.6 Å². The molecule has 1 aromatic heterocycles. The van der Waals surface area contributed by atoms with E-state index in [2.05, 4.69) is 5.32 Å². The van der Waals surface area contributed by atoms with Gasteiger partial charge >= 0.3 is 0 Å². The number of hydrogen-bond donors (Lipinski definition) is 1. The molecule has 4 aliphatic carbocycles. The number of nitrogens with one attached hydrogen (secondary N) is 1. The minimum atomic E-state index is -0.0709. The Bertz CT molecular complexity index is 638. The molecule has 1 aromatic rings. The minimum absolute atomic E-state index is 0.0709. The average Bonchev–Trinajstić information content (AvgIpc) is 3.15. The van der Waals surface area contributed by atoms with Crippen molar-refractivity contribution in [1.29, 1.82) is 0 Å². The molecule has 4 fully saturated rings. The first-order chi connectivity index (χ1) is 13.0. The second-order valence-electron chi connectivity index (χ2n) is 8.65. The van der Waals surface area contributed by atoms with Gasteiger partial charge in [0.15, 0.2) is 0 Å². The molecule has 0 unspecified atom stereocenters. The number of thiophene rings is 1. The maximum absolute atomic E-state index is 12.8. The van der Waals surface area contributed by atoms with E-state index in [-0.39, 0.29) is 18.4 Å². The van der Waals surface area contributed by atoms with Crippen molar-refractivity contribution in [3.63, 3.8) is 0 Å². The highest BCUT2D eigenvalue weighted by molar-refractivity contribution is 8.01. The maximum Gasteiger partial charge on any atom is 0.239 e. The van der Waals surface area contributed by atoms with Crippen LogP contribution in [0.5, 0.6) is 0 Å². The van der Waals surface area contributed by atoms with Gasteiger partial charge in [-0.1, -0.05) is 6.07 Å². The maximum atomic E-state index is 12.8. The van der Waals surface area contributed by atoms with Crippen molar-refractivity contribution in [1.82, 2.24) is 10.2 Å². The lowest BCUT2D eigenvalue weighted by Crippen LogP contribution is -2.49. The number of nitrogens with zero attached hydrogens (tertiary/aromatic N) is 1. The molecule has 4 nitrogen and oxygen atoms in total. The Labute approximate surface area is 170 Å². The number of rotatable bonds is 8. The Morgan fingerprint density at radius 1 is 1.22 bits per heavy atom. The summed E-state index contributed by atoms with van der Waals surface area (Å²) in [7, 11) is 0. The summed E-state index contributed by atoms with van der Waals surface area (Å²) in [5.74, 6) is 3.29. The molecule has 4 bridgehead atoms. The molecule has 2 amide bonds. The third-order valence-electron chi connectivity index (χ3n) is 6.59. The summed E-state index contributed by atoms with van der Waals surface area (Å²) in [6.07, 6.45) is 8.22. The highest BCUT2D eigenvalue weighted by atomic mass is 32.2. The topological polar surface area (TPSA) is 49.4 Å². The first kappa shape index (κ1) is 19.3. The smallest absolute Gasteiger partial charge is 0.239 e. The summed E-state index contributed by atoms with van der Waals surface area (Å²) in [6, 6.07) is 3.99. The third-order valence-corrected chi connectivity index (χ3v) is 8.97. The van der Waals surface area contributed by atoms with Gasteiger partial charge < -0.3 is 10.2 Å². The van der Waals surface area contributed by atoms with E-state index >= 15 is 0 Å². The van der Waals surface area contributed by atoms with Crippen LogP contribution < -0.4 is 5.32 Å². The number of likely N-dealkylation sites (N-methyl/N-ethyl adjacent to an activating group) is 1. The second-order valence-corrected chi connectivity index (χ2v) is 11.1. The Morgan fingerprint density at radius 2 is 1.89 bits per heavy atom. The SMILES string of the molecule is CCN(CC(=O)NCc1cccs1)C(=O)CSC12CC3CC(CC(C3)C1)C2. The molecule has 0 aromatic carbocycles. The van der Waals surface area contributed by atoms with Crippen LogP contribution in [0.1, 0.15) is 50.3 Å². The van der Waals surface area contributed by atoms with E-state index in [0.29, 0.717) is 23.6 Å². The van der Waals surface area contributed by atoms with Crippen LogP contribution >= 0.6 is 23.1 Å². The summed E-state index contributed by atoms with van der Waals surface area (Å²) >= 11 is 3.54. The quantitative estimate of drug-likeness (QED) is 0.712. The van der Waals surface area contributed by atoms with Gasteiger partial charge in [-0.3, -0.25) is 9.59 Å². The molecule has 0 radical (unpaired) electrons. The summed E-state index contributed by atoms with van der Waals surface area (Å²) in [5, 5.41) is 4.93. The lowest BCUT2D eigenvalue weighted by atomic mass is 9.56. The van der Waals surface area contributed by atoms with Gasteiger partial charge in [-0.25, -0.2) is 0 Å². The summed E-state index contributed by atoms with van der Waals surface area (Å²) in [6.45, 7) is 3.26. The first-order valence-electron chi connectivity index (χ1n) is 10.3. The standard InChI is InChI=1S/C21H30N2O2S2/c1-2-23(13-19(24)22-12-18-4-3-5-26-18)20(25)14-27-21-9-15-6-16(10-21)8-17(7-15)11-21/h3-5,15-17H,2,6-14H2,1H3,(H,22,24). The third kappa shape index (κ3) is 4.53. The van der Waals surface area contributed by atoms with E-state index in [1.54, 1.807) is 16.2 Å². The fraction of sp³-hybridized carbons (Fsp3) is 0.714. The van der Waals surface area contributed by atoms with Crippen molar-refractivity contribution in [2.75, 3.05) is 18.8 Å². The van der Waals surface area contributed by atoms with Crippen molar-refractivity contribution in [2.45, 2.75) is 56.7 Å². The van der Waals surface area contributed by atoms with E-state index in [1.165, 1.54) is 38.5 Å². The zero-order chi connectivity index (χ0) is 18.9. The number of hydrogen-bond acceptors (Lipinski definition) is 4. The Balaban J connectivity index is 1.26. The van der Waals surface area contributed by atoms with Crippen LogP contribution in [0.3, 0.4) is 0 Å². The minimum Gasteiger partial charge on any atom is -0.350 e. The lowest BCUT2D eigenvalue weighted by Gasteiger charge is -2.56. The Hall–Kier alpha value is -1.01. The molecule has 4 saturated carbocycles. The molecule has 0 saturated heterocycles. The molecule has 27 heavy (non-hydrogen) atoms. The van der Waals surface area contributed by atoms with Crippen LogP contribution in [0, 0.1) is 17.8 Å². The normalized spacial score (nSPS) is 31.1. The van der Waals surface area contributed by atoms with Gasteiger partial charge in [-0.2, -0.15) is 0 Å². The van der Waals surface area contributed by atoms with Crippen LogP contribution in [0.15, 0.2) is 17.5 Å². The molecule has 0 spiro atoms. The van der Waals surface area contributed by atoms with Gasteiger partial charge in [0.25, 0.3) is 0 Å². The van der Waals surface area contributed by atoms with Gasteiger partial charge in [0.05, 0.1) is 18.8 Å². The zero-order valence-electron chi connectivity index (χ0n) is 16.1. The molecule has 5 rings (SSSR count). The molecule has 1 heterocycles. The van der Waals surface area contributed by atoms with E-state index in [9.17, 15) is 9.59 Å². The Kier molecular flexibility index (Phi) is 5.83. The monoisotopic (exact) mass is 406 g/mol. The predicted molar refractivity (Wildman–Crippen MR) is 112 cm³/mol. The predicted octanol–water partition coefficient (Wildman–Crippen LogP) is 3.91. The first-order valence-corrected chi connectivity index (χ1v) is 12.1. The molecule has 0 aliphatic heterocycles. The highest BCUT2D eigenvalue weighted by Crippen LogP contribution is 2.60. The lowest BCUT2D eigenvalue weighted by molar-refractivity contribution is -0.133. The number of amides is 2. The average molecular weight is 407 g/mol. The van der Waals surface area contributed by atoms with Crippen molar-refractivity contribution >= 4 is 34.9 Å². The van der Waals surface area contributed by atoms with Crippen LogP contribution in [-0.2, 0) is 16.1 Å². The second kappa shape index (κ2) is 8.16. The number of carbonyl (C=O) groups is 2. The molecule has 1 N–H and O–H groups in total. The van der Waals surface area contributed by atoms with Gasteiger partial charge in [0.1, 0.15) is 0 Å². The van der Waals surface area contributed by atoms with E-state index in [4.69, 9.17) is 0 Å². The van der Waals surface area contributed by atoms with Crippen molar-refractivity contribution < 1.29 is 9.59 Å². The largest absolute Gasteiger partial charge is 0.350 e. The van der Waals surface area contributed by atoms with Crippen LogP contribution in [0.4, 0.5) is 0 Å². The molecule has 0 atom stereocenters. The van der Waals surface area contributed by atoms with Crippen LogP contribution in [0.2, 0.25) is 0 Å². The zero-order valence-corrected chi connectivity index (χ0v) is 17.7. The molecule has 6 heteroatoms. The van der Waals surface area contributed by atoms with Crippen LogP contribution in [-0.4, -0.2) is 40.3 Å². The Morgan fingerprint density at radius 3 is 2.44 bits per heavy atom. The summed E-state index contributed by atoms with van der Waals surface area (Å²) < 4.78 is 0.352. The molecular formula is C21H30N2O2S2. The van der Waals surface area contributed by atoms with Crippen LogP contribution in [0.25, 0.3) is 0 Å². The highest BCUT2D eigenvalue weighted by Gasteiger charge is 2.51. The van der Waals surface area contributed by atoms with Gasteiger partial charge in [-0.05, 0) is 74.6 Å². The summed E-state index contributed by atoms with van der Waals surface area (Å²) in [4.78, 5) is 27.8. The van der Waals surface area contributed by atoms with E-state index in [1.807, 2.05) is 36.2 Å². The van der Waals surface area contributed by atoms with Gasteiger partial charge in [0, 0.05) is 16.2 Å². The van der Waals surface area contributed by atoms with Crippen molar-refractivity contribution in [2.24, 2.45) is 17.8 Å². The number of thioether (sulfide) groups is 1. The molecule has 148 valence electrons. The number of carbonyl (C=O) groups excluding carboxylic acids is 2. The summed E-state index contributed by atoms with van der Waals surface area (Å²) in [5.41, 5.74) is 0. The van der Waals surface area contributed by atoms with E-state index < -0.39 is 0 Å². The van der Waals surface area contributed by atoms with Crippen molar-refractivity contribution in [3.8, 4) is 0 Å². The van der Waals surface area contributed by atoms with Crippen molar-refractivity contribution in [3.05, 3.63) is 22.4 Å². The fourth-order valence-corrected chi connectivity index (χ4v) is 8.04. The van der Waals surface area contributed by atoms with Gasteiger partial charge in [0.2, 0.25) is 11.8 Å².